The summed E-state index contributed by atoms with van der Waals surface area (Å²) >= 11 is 0. The first-order valence-corrected chi connectivity index (χ1v) is 7.07. The van der Waals surface area contributed by atoms with Gasteiger partial charge in [0, 0.05) is 24.7 Å². The lowest BCUT2D eigenvalue weighted by atomic mass is 10.0. The lowest BCUT2D eigenvalue weighted by Gasteiger charge is -2.35. The molecule has 1 N–H and O–H groups in total. The van der Waals surface area contributed by atoms with Gasteiger partial charge in [-0.3, -0.25) is 4.90 Å². The summed E-state index contributed by atoms with van der Waals surface area (Å²) in [6.07, 6.45) is 0.382. The first kappa shape index (κ1) is 15.4. The van der Waals surface area contributed by atoms with Crippen LogP contribution in [0.2, 0.25) is 0 Å². The normalized spacial score (nSPS) is 21.9. The Morgan fingerprint density at radius 2 is 2.25 bits per heavy atom. The molecule has 0 spiro atoms. The summed E-state index contributed by atoms with van der Waals surface area (Å²) in [6, 6.07) is 4.24. The van der Waals surface area contributed by atoms with Crippen molar-refractivity contribution in [3.63, 3.8) is 0 Å². The number of aliphatic hydroxyl groups excluding tert-OH is 1. The lowest BCUT2D eigenvalue weighted by molar-refractivity contribution is -0.0145. The Labute approximate surface area is 118 Å². The number of morpholine rings is 1. The topological polar surface area (TPSA) is 32.7 Å². The second-order valence-corrected chi connectivity index (χ2v) is 5.12. The molecule has 1 heterocycles. The van der Waals surface area contributed by atoms with E-state index in [1.807, 2.05) is 0 Å². The molecule has 0 bridgehead atoms. The summed E-state index contributed by atoms with van der Waals surface area (Å²) in [6.45, 7) is 4.94. The molecule has 1 aromatic rings. The van der Waals surface area contributed by atoms with E-state index in [1.165, 1.54) is 12.1 Å². The molecule has 0 aliphatic carbocycles. The van der Waals surface area contributed by atoms with Crippen LogP contribution in [-0.4, -0.2) is 42.4 Å². The maximum Gasteiger partial charge on any atom is 0.164 e. The summed E-state index contributed by atoms with van der Waals surface area (Å²) in [4.78, 5) is 2.24. The quantitative estimate of drug-likeness (QED) is 0.902. The van der Waals surface area contributed by atoms with E-state index in [-0.39, 0.29) is 5.56 Å². The molecule has 1 fully saturated rings. The highest BCUT2D eigenvalue weighted by Crippen LogP contribution is 2.23. The van der Waals surface area contributed by atoms with Crippen molar-refractivity contribution in [2.45, 2.75) is 31.9 Å². The zero-order valence-electron chi connectivity index (χ0n) is 11.7. The third-order valence-electron chi connectivity index (χ3n) is 3.85. The number of nitrogens with zero attached hydrogens (tertiary/aromatic N) is 1. The molecule has 0 aromatic heterocycles. The number of hydrogen-bond acceptors (Lipinski definition) is 3. The molecule has 2 atom stereocenters. The molecule has 1 aromatic carbocycles. The van der Waals surface area contributed by atoms with Crippen molar-refractivity contribution in [1.82, 2.24) is 4.90 Å². The van der Waals surface area contributed by atoms with Gasteiger partial charge in [0.25, 0.3) is 0 Å². The highest BCUT2D eigenvalue weighted by molar-refractivity contribution is 5.21. The maximum absolute atomic E-state index is 13.6. The van der Waals surface area contributed by atoms with Crippen molar-refractivity contribution in [1.29, 1.82) is 0 Å². The van der Waals surface area contributed by atoms with E-state index >= 15 is 0 Å². The Bertz CT molecular complexity index is 442. The summed E-state index contributed by atoms with van der Waals surface area (Å²) in [7, 11) is 0. The molecular formula is C15H21F2NO2. The molecule has 0 amide bonds. The molecule has 1 aliphatic rings. The van der Waals surface area contributed by atoms with Crippen molar-refractivity contribution in [2.24, 2.45) is 0 Å². The van der Waals surface area contributed by atoms with Crippen LogP contribution in [0.15, 0.2) is 18.2 Å². The van der Waals surface area contributed by atoms with Crippen molar-refractivity contribution in [2.75, 3.05) is 26.3 Å². The Balaban J connectivity index is 1.94. The third-order valence-corrected chi connectivity index (χ3v) is 3.85. The Morgan fingerprint density at radius 1 is 1.45 bits per heavy atom. The van der Waals surface area contributed by atoms with Crippen molar-refractivity contribution >= 4 is 0 Å². The number of halogens is 2. The zero-order valence-corrected chi connectivity index (χ0v) is 11.7. The van der Waals surface area contributed by atoms with E-state index in [4.69, 9.17) is 4.74 Å². The highest BCUT2D eigenvalue weighted by atomic mass is 19.2. The Kier molecular flexibility index (Phi) is 5.46. The molecule has 0 radical (unpaired) electrons. The summed E-state index contributed by atoms with van der Waals surface area (Å²) in [5.41, 5.74) is 0.0336. The number of hydrogen-bond donors (Lipinski definition) is 1. The summed E-state index contributed by atoms with van der Waals surface area (Å²) in [5.74, 6) is -1.87. The fourth-order valence-corrected chi connectivity index (χ4v) is 2.58. The fourth-order valence-electron chi connectivity index (χ4n) is 2.58. The van der Waals surface area contributed by atoms with Crippen LogP contribution in [0.4, 0.5) is 8.78 Å². The predicted octanol–water partition coefficient (Wildman–Crippen LogP) is 2.50. The molecular weight excluding hydrogens is 264 g/mol. The summed E-state index contributed by atoms with van der Waals surface area (Å²) < 4.78 is 32.1. The van der Waals surface area contributed by atoms with Crippen LogP contribution in [0.5, 0.6) is 0 Å². The number of rotatable bonds is 5. The van der Waals surface area contributed by atoms with E-state index in [9.17, 15) is 13.9 Å². The van der Waals surface area contributed by atoms with Crippen molar-refractivity contribution < 1.29 is 18.6 Å². The second kappa shape index (κ2) is 7.11. The van der Waals surface area contributed by atoms with Gasteiger partial charge in [-0.15, -0.1) is 0 Å². The predicted molar refractivity (Wildman–Crippen MR) is 72.4 cm³/mol. The van der Waals surface area contributed by atoms with Gasteiger partial charge in [0.05, 0.1) is 19.3 Å². The molecule has 1 saturated heterocycles. The van der Waals surface area contributed by atoms with Crippen LogP contribution in [0, 0.1) is 11.6 Å². The molecule has 20 heavy (non-hydrogen) atoms. The number of benzene rings is 1. The summed E-state index contributed by atoms with van der Waals surface area (Å²) in [5, 5.41) is 10.1. The minimum Gasteiger partial charge on any atom is -0.388 e. The van der Waals surface area contributed by atoms with Crippen molar-refractivity contribution in [3.8, 4) is 0 Å². The van der Waals surface area contributed by atoms with E-state index in [0.29, 0.717) is 32.2 Å². The van der Waals surface area contributed by atoms with Gasteiger partial charge < -0.3 is 9.84 Å². The third kappa shape index (κ3) is 3.53. The molecule has 112 valence electrons. The smallest absolute Gasteiger partial charge is 0.164 e. The Hall–Kier alpha value is -1.04. The molecule has 2 rings (SSSR count). The van der Waals surface area contributed by atoms with E-state index in [1.54, 1.807) is 0 Å². The minimum absolute atomic E-state index is 0.0336. The van der Waals surface area contributed by atoms with Crippen molar-refractivity contribution in [3.05, 3.63) is 35.4 Å². The van der Waals surface area contributed by atoms with Gasteiger partial charge >= 0.3 is 0 Å². The van der Waals surface area contributed by atoms with Crippen LogP contribution in [0.25, 0.3) is 0 Å². The van der Waals surface area contributed by atoms with Gasteiger partial charge in [0.15, 0.2) is 11.6 Å². The van der Waals surface area contributed by atoms with Gasteiger partial charge in [0.2, 0.25) is 0 Å². The van der Waals surface area contributed by atoms with Crippen LogP contribution >= 0.6 is 0 Å². The van der Waals surface area contributed by atoms with Crippen LogP contribution in [0.3, 0.4) is 0 Å². The monoisotopic (exact) mass is 285 g/mol. The standard InChI is InChI=1S/C15H21F2NO2/c1-2-11-10-20-9-8-18(11)7-6-14(19)12-4-3-5-13(16)15(12)17/h3-5,11,14,19H,2,6-10H2,1H3. The largest absolute Gasteiger partial charge is 0.388 e. The van der Waals surface area contributed by atoms with Gasteiger partial charge in [-0.05, 0) is 18.9 Å². The highest BCUT2D eigenvalue weighted by Gasteiger charge is 2.23. The van der Waals surface area contributed by atoms with Gasteiger partial charge in [-0.1, -0.05) is 19.1 Å². The van der Waals surface area contributed by atoms with Crippen LogP contribution in [0.1, 0.15) is 31.4 Å². The van der Waals surface area contributed by atoms with Crippen LogP contribution < -0.4 is 0 Å². The van der Waals surface area contributed by atoms with Crippen LogP contribution in [-0.2, 0) is 4.74 Å². The van der Waals surface area contributed by atoms with Gasteiger partial charge in [-0.25, -0.2) is 8.78 Å². The maximum atomic E-state index is 13.6. The molecule has 0 saturated carbocycles. The first-order valence-electron chi connectivity index (χ1n) is 7.07. The SMILES string of the molecule is CCC1COCCN1CCC(O)c1cccc(F)c1F. The van der Waals surface area contributed by atoms with E-state index in [0.717, 1.165) is 19.0 Å². The molecule has 3 nitrogen and oxygen atoms in total. The second-order valence-electron chi connectivity index (χ2n) is 5.12. The zero-order chi connectivity index (χ0) is 14.5. The van der Waals surface area contributed by atoms with E-state index < -0.39 is 17.7 Å². The Morgan fingerprint density at radius 3 is 3.00 bits per heavy atom. The molecule has 5 heteroatoms. The number of aliphatic hydroxyl groups is 1. The first-order chi connectivity index (χ1) is 9.63. The fraction of sp³-hybridized carbons (Fsp3) is 0.600. The van der Waals surface area contributed by atoms with Gasteiger partial charge in [0.1, 0.15) is 0 Å². The average Bonchev–Trinajstić information content (AvgIpc) is 2.48. The van der Waals surface area contributed by atoms with Gasteiger partial charge in [-0.2, -0.15) is 0 Å². The molecule has 2 unspecified atom stereocenters. The number of ether oxygens (including phenoxy) is 1. The lowest BCUT2D eigenvalue weighted by Crippen LogP contribution is -2.45. The minimum atomic E-state index is -0.981. The molecule has 1 aliphatic heterocycles. The van der Waals surface area contributed by atoms with E-state index in [2.05, 4.69) is 11.8 Å². The average molecular weight is 285 g/mol.